The van der Waals surface area contributed by atoms with E-state index in [1.807, 2.05) is 34.6 Å². The van der Waals surface area contributed by atoms with Crippen LogP contribution in [0.25, 0.3) is 6.08 Å². The fourth-order valence-corrected chi connectivity index (χ4v) is 4.67. The number of thiazole rings is 1. The minimum absolute atomic E-state index is 0.0406. The van der Waals surface area contributed by atoms with Crippen LogP contribution in [0, 0.1) is 11.8 Å². The number of rotatable bonds is 5. The van der Waals surface area contributed by atoms with Crippen LogP contribution in [0.15, 0.2) is 35.9 Å². The van der Waals surface area contributed by atoms with Gasteiger partial charge in [0.25, 0.3) is 0 Å². The lowest BCUT2D eigenvalue weighted by Gasteiger charge is -2.41. The molecule has 1 fully saturated rings. The van der Waals surface area contributed by atoms with Gasteiger partial charge in [-0.25, -0.2) is 4.98 Å². The molecule has 28 heavy (non-hydrogen) atoms. The normalized spacial score (nSPS) is 23.9. The molecule has 3 atom stereocenters. The Bertz CT molecular complexity index is 849. The summed E-state index contributed by atoms with van der Waals surface area (Å²) in [5, 5.41) is 2.76. The molecule has 1 saturated carbocycles. The van der Waals surface area contributed by atoms with Crippen molar-refractivity contribution in [2.45, 2.75) is 45.7 Å². The first-order chi connectivity index (χ1) is 13.6. The number of carbonyl (C=O) groups excluding carboxylic acids is 1. The highest BCUT2D eigenvalue weighted by atomic mass is 32.1. The van der Waals surface area contributed by atoms with Crippen molar-refractivity contribution in [2.24, 2.45) is 11.8 Å². The lowest BCUT2D eigenvalue weighted by atomic mass is 9.77. The van der Waals surface area contributed by atoms with Gasteiger partial charge in [0, 0.05) is 30.2 Å². The Morgan fingerprint density at radius 1 is 1.29 bits per heavy atom. The first-order valence-electron chi connectivity index (χ1n) is 9.88. The molecule has 1 aliphatic carbocycles. The number of fused-ring (bicyclic) bond motifs is 1. The molecule has 1 amide bonds. The maximum absolute atomic E-state index is 13.2. The second-order valence-corrected chi connectivity index (χ2v) is 8.62. The van der Waals surface area contributed by atoms with Crippen molar-refractivity contribution in [3.05, 3.63) is 46.4 Å². The Morgan fingerprint density at radius 3 is 2.96 bits per heavy atom. The summed E-state index contributed by atoms with van der Waals surface area (Å²) in [7, 11) is 0. The van der Waals surface area contributed by atoms with Gasteiger partial charge in [-0.1, -0.05) is 32.8 Å². The standard InChI is InChI=1S/C22H26N2O3S/c1-15-4-3-5-18(16(15)2)24(22(25)9-8-21-23-10-11-28-21)13-17-6-7-19-20(12-17)27-14-26-19/h6-12,15-16,18H,3-5,13-14H2,1-2H3/b9-8+. The van der Waals surface area contributed by atoms with Crippen LogP contribution < -0.4 is 9.47 Å². The molecular formula is C22H26N2O3S. The summed E-state index contributed by atoms with van der Waals surface area (Å²) in [5.74, 6) is 2.66. The predicted octanol–water partition coefficient (Wildman–Crippen LogP) is 4.74. The summed E-state index contributed by atoms with van der Waals surface area (Å²) < 4.78 is 10.9. The molecule has 2 aromatic rings. The van der Waals surface area contributed by atoms with Gasteiger partial charge in [-0.3, -0.25) is 4.79 Å². The molecule has 0 spiro atoms. The van der Waals surface area contributed by atoms with E-state index in [0.717, 1.165) is 34.9 Å². The van der Waals surface area contributed by atoms with Gasteiger partial charge in [0.05, 0.1) is 0 Å². The smallest absolute Gasteiger partial charge is 0.247 e. The first kappa shape index (κ1) is 19.0. The Morgan fingerprint density at radius 2 is 2.14 bits per heavy atom. The van der Waals surface area contributed by atoms with Gasteiger partial charge >= 0.3 is 0 Å². The molecule has 3 unspecified atom stereocenters. The van der Waals surface area contributed by atoms with Crippen LogP contribution >= 0.6 is 11.3 Å². The molecule has 0 N–H and O–H groups in total. The van der Waals surface area contributed by atoms with E-state index in [1.54, 1.807) is 12.3 Å². The quantitative estimate of drug-likeness (QED) is 0.683. The number of ether oxygens (including phenoxy) is 2. The maximum atomic E-state index is 13.2. The van der Waals surface area contributed by atoms with Gasteiger partial charge in [-0.15, -0.1) is 11.3 Å². The van der Waals surface area contributed by atoms with Gasteiger partial charge in [-0.05, 0) is 42.0 Å². The van der Waals surface area contributed by atoms with Crippen LogP contribution in [0.3, 0.4) is 0 Å². The Balaban J connectivity index is 1.58. The molecule has 6 heteroatoms. The van der Waals surface area contributed by atoms with Gasteiger partial charge in [-0.2, -0.15) is 0 Å². The largest absolute Gasteiger partial charge is 0.454 e. The Kier molecular flexibility index (Phi) is 5.67. The third-order valence-electron chi connectivity index (χ3n) is 5.96. The molecule has 2 aliphatic rings. The topological polar surface area (TPSA) is 51.7 Å². The minimum atomic E-state index is 0.0406. The van der Waals surface area contributed by atoms with E-state index in [9.17, 15) is 4.79 Å². The Hall–Kier alpha value is -2.34. The number of benzene rings is 1. The zero-order valence-corrected chi connectivity index (χ0v) is 17.2. The SMILES string of the molecule is CC1CCCC(N(Cc2ccc3c(c2)OCO3)C(=O)/C=C/c2nccs2)C1C. The monoisotopic (exact) mass is 398 g/mol. The fourth-order valence-electron chi connectivity index (χ4n) is 4.14. The second-order valence-electron chi connectivity index (χ2n) is 7.69. The molecule has 1 aromatic carbocycles. The summed E-state index contributed by atoms with van der Waals surface area (Å²) in [6.07, 6.45) is 8.68. The highest BCUT2D eigenvalue weighted by molar-refractivity contribution is 7.10. The molecule has 0 bridgehead atoms. The average Bonchev–Trinajstić information content (AvgIpc) is 3.38. The molecule has 5 nitrogen and oxygen atoms in total. The van der Waals surface area contributed by atoms with Crippen molar-refractivity contribution >= 4 is 23.3 Å². The third-order valence-corrected chi connectivity index (χ3v) is 6.70. The van der Waals surface area contributed by atoms with Crippen LogP contribution in [0.2, 0.25) is 0 Å². The number of amides is 1. The zero-order chi connectivity index (χ0) is 19.5. The molecule has 4 rings (SSSR count). The average molecular weight is 399 g/mol. The lowest BCUT2D eigenvalue weighted by Crippen LogP contribution is -2.46. The number of hydrogen-bond acceptors (Lipinski definition) is 5. The fraction of sp³-hybridized carbons (Fsp3) is 0.455. The van der Waals surface area contributed by atoms with Crippen molar-refractivity contribution in [1.82, 2.24) is 9.88 Å². The first-order valence-corrected chi connectivity index (χ1v) is 10.8. The summed E-state index contributed by atoms with van der Waals surface area (Å²) >= 11 is 1.53. The van der Waals surface area contributed by atoms with E-state index in [-0.39, 0.29) is 18.7 Å². The summed E-state index contributed by atoms with van der Waals surface area (Å²) in [5.41, 5.74) is 1.06. The molecule has 0 radical (unpaired) electrons. The zero-order valence-electron chi connectivity index (χ0n) is 16.3. The molecule has 2 heterocycles. The molecule has 148 valence electrons. The van der Waals surface area contributed by atoms with E-state index in [0.29, 0.717) is 18.4 Å². The summed E-state index contributed by atoms with van der Waals surface area (Å²) in [6, 6.07) is 6.18. The van der Waals surface area contributed by atoms with E-state index < -0.39 is 0 Å². The number of carbonyl (C=O) groups is 1. The molecule has 1 aliphatic heterocycles. The van der Waals surface area contributed by atoms with E-state index in [2.05, 4.69) is 18.8 Å². The van der Waals surface area contributed by atoms with Crippen LogP contribution in [0.4, 0.5) is 0 Å². The van der Waals surface area contributed by atoms with E-state index in [4.69, 9.17) is 9.47 Å². The maximum Gasteiger partial charge on any atom is 0.247 e. The van der Waals surface area contributed by atoms with E-state index >= 15 is 0 Å². The minimum Gasteiger partial charge on any atom is -0.454 e. The van der Waals surface area contributed by atoms with Gasteiger partial charge in [0.2, 0.25) is 12.7 Å². The molecule has 0 saturated heterocycles. The van der Waals surface area contributed by atoms with Crippen LogP contribution in [0.5, 0.6) is 11.5 Å². The number of hydrogen-bond donors (Lipinski definition) is 0. The van der Waals surface area contributed by atoms with Crippen LogP contribution in [-0.2, 0) is 11.3 Å². The summed E-state index contributed by atoms with van der Waals surface area (Å²) in [4.78, 5) is 19.5. The Labute approximate surface area is 170 Å². The van der Waals surface area contributed by atoms with Crippen molar-refractivity contribution < 1.29 is 14.3 Å². The number of aromatic nitrogens is 1. The van der Waals surface area contributed by atoms with Crippen LogP contribution in [-0.4, -0.2) is 28.6 Å². The van der Waals surface area contributed by atoms with Gasteiger partial charge in [0.15, 0.2) is 11.5 Å². The number of nitrogens with zero attached hydrogens (tertiary/aromatic N) is 2. The molecular weight excluding hydrogens is 372 g/mol. The molecule has 1 aromatic heterocycles. The second kappa shape index (κ2) is 8.35. The van der Waals surface area contributed by atoms with Crippen molar-refractivity contribution in [3.8, 4) is 11.5 Å². The van der Waals surface area contributed by atoms with Crippen LogP contribution in [0.1, 0.15) is 43.7 Å². The van der Waals surface area contributed by atoms with Crippen molar-refractivity contribution in [3.63, 3.8) is 0 Å². The van der Waals surface area contributed by atoms with Crippen molar-refractivity contribution in [2.75, 3.05) is 6.79 Å². The van der Waals surface area contributed by atoms with Crippen molar-refractivity contribution in [1.29, 1.82) is 0 Å². The van der Waals surface area contributed by atoms with Gasteiger partial charge in [0.1, 0.15) is 5.01 Å². The third kappa shape index (κ3) is 4.07. The predicted molar refractivity (Wildman–Crippen MR) is 110 cm³/mol. The highest BCUT2D eigenvalue weighted by Gasteiger charge is 2.33. The van der Waals surface area contributed by atoms with Gasteiger partial charge < -0.3 is 14.4 Å². The lowest BCUT2D eigenvalue weighted by molar-refractivity contribution is -0.131. The van der Waals surface area contributed by atoms with E-state index in [1.165, 1.54) is 17.8 Å². The summed E-state index contributed by atoms with van der Waals surface area (Å²) in [6.45, 7) is 5.40. The highest BCUT2D eigenvalue weighted by Crippen LogP contribution is 2.36.